The molecule has 1 aromatic carbocycles. The number of hydrogen-bond acceptors (Lipinski definition) is 4. The number of aliphatic hydroxyl groups excluding tert-OH is 1. The molecule has 0 saturated heterocycles. The number of imidazole rings is 1. The summed E-state index contributed by atoms with van der Waals surface area (Å²) in [4.78, 5) is 6.46. The zero-order chi connectivity index (χ0) is 14.8. The molecule has 3 rings (SSSR count). The van der Waals surface area contributed by atoms with Gasteiger partial charge in [0.2, 0.25) is 0 Å². The molecular weight excluding hydrogens is 284 g/mol. The largest absolute Gasteiger partial charge is 0.494 e. The lowest BCUT2D eigenvalue weighted by Crippen LogP contribution is -1.96. The van der Waals surface area contributed by atoms with Crippen molar-refractivity contribution < 1.29 is 9.84 Å². The van der Waals surface area contributed by atoms with Gasteiger partial charge in [-0.2, -0.15) is 0 Å². The minimum Gasteiger partial charge on any atom is -0.494 e. The van der Waals surface area contributed by atoms with Gasteiger partial charge >= 0.3 is 0 Å². The molecule has 0 amide bonds. The van der Waals surface area contributed by atoms with Crippen LogP contribution in [0.2, 0.25) is 0 Å². The SMILES string of the molecule is CCCOc1ccc(-c2c(C)sc3ncc(CO)n23)cc1. The summed E-state index contributed by atoms with van der Waals surface area (Å²) >= 11 is 1.64. The fraction of sp³-hybridized carbons (Fsp3) is 0.312. The molecule has 0 fully saturated rings. The van der Waals surface area contributed by atoms with Crippen molar-refractivity contribution in [2.45, 2.75) is 26.9 Å². The Morgan fingerprint density at radius 2 is 2.05 bits per heavy atom. The van der Waals surface area contributed by atoms with Crippen LogP contribution in [0.1, 0.15) is 23.9 Å². The van der Waals surface area contributed by atoms with E-state index in [0.29, 0.717) is 0 Å². The summed E-state index contributed by atoms with van der Waals surface area (Å²) in [7, 11) is 0. The highest BCUT2D eigenvalue weighted by atomic mass is 32.1. The molecule has 0 saturated carbocycles. The van der Waals surface area contributed by atoms with Gasteiger partial charge in [-0.25, -0.2) is 4.98 Å². The molecular formula is C16H18N2O2S. The standard InChI is InChI=1S/C16H18N2O2S/c1-3-8-20-14-6-4-12(5-7-14)15-11(2)21-16-17-9-13(10-19)18(15)16/h4-7,9,19H,3,8,10H2,1-2H3. The highest BCUT2D eigenvalue weighted by Gasteiger charge is 2.15. The first-order chi connectivity index (χ1) is 10.2. The van der Waals surface area contributed by atoms with E-state index >= 15 is 0 Å². The maximum atomic E-state index is 9.47. The fourth-order valence-electron chi connectivity index (χ4n) is 2.39. The number of hydrogen-bond donors (Lipinski definition) is 1. The van der Waals surface area contributed by atoms with Crippen molar-refractivity contribution in [1.82, 2.24) is 9.38 Å². The fourth-order valence-corrected chi connectivity index (χ4v) is 3.38. The summed E-state index contributed by atoms with van der Waals surface area (Å²) in [5.74, 6) is 0.887. The summed E-state index contributed by atoms with van der Waals surface area (Å²) in [6.07, 6.45) is 2.73. The number of aliphatic hydroxyl groups is 1. The van der Waals surface area contributed by atoms with Crippen LogP contribution in [0.3, 0.4) is 0 Å². The van der Waals surface area contributed by atoms with Crippen molar-refractivity contribution in [3.8, 4) is 17.0 Å². The molecule has 5 heteroatoms. The van der Waals surface area contributed by atoms with Gasteiger partial charge in [0, 0.05) is 4.88 Å². The summed E-state index contributed by atoms with van der Waals surface area (Å²) in [6.45, 7) is 4.89. The molecule has 0 aliphatic heterocycles. The first-order valence-corrected chi connectivity index (χ1v) is 7.86. The Labute approximate surface area is 127 Å². The van der Waals surface area contributed by atoms with Crippen LogP contribution in [0.15, 0.2) is 30.5 Å². The molecule has 4 nitrogen and oxygen atoms in total. The smallest absolute Gasteiger partial charge is 0.194 e. The van der Waals surface area contributed by atoms with Crippen LogP contribution in [-0.4, -0.2) is 21.1 Å². The number of fused-ring (bicyclic) bond motifs is 1. The minimum absolute atomic E-state index is 0.0119. The number of ether oxygens (including phenoxy) is 1. The van der Waals surface area contributed by atoms with Crippen LogP contribution in [-0.2, 0) is 6.61 Å². The van der Waals surface area contributed by atoms with E-state index in [1.807, 2.05) is 16.5 Å². The minimum atomic E-state index is -0.0119. The van der Waals surface area contributed by atoms with Gasteiger partial charge in [-0.15, -0.1) is 11.3 Å². The molecule has 0 bridgehead atoms. The molecule has 0 radical (unpaired) electrons. The van der Waals surface area contributed by atoms with Crippen LogP contribution in [0.25, 0.3) is 16.2 Å². The zero-order valence-electron chi connectivity index (χ0n) is 12.2. The normalized spacial score (nSPS) is 11.2. The second-order valence-electron chi connectivity index (χ2n) is 4.91. The number of benzene rings is 1. The van der Waals surface area contributed by atoms with Gasteiger partial charge in [0.25, 0.3) is 0 Å². The Balaban J connectivity index is 2.03. The predicted molar refractivity (Wildman–Crippen MR) is 85.0 cm³/mol. The van der Waals surface area contributed by atoms with Gasteiger partial charge in [-0.3, -0.25) is 4.40 Å². The maximum Gasteiger partial charge on any atom is 0.194 e. The van der Waals surface area contributed by atoms with Crippen LogP contribution < -0.4 is 4.74 Å². The Bertz CT molecular complexity index is 744. The van der Waals surface area contributed by atoms with Gasteiger partial charge in [0.1, 0.15) is 5.75 Å². The van der Waals surface area contributed by atoms with Crippen molar-refractivity contribution in [2.24, 2.45) is 0 Å². The summed E-state index contributed by atoms with van der Waals surface area (Å²) in [6, 6.07) is 8.09. The summed E-state index contributed by atoms with van der Waals surface area (Å²) < 4.78 is 7.65. The number of aryl methyl sites for hydroxylation is 1. The van der Waals surface area contributed by atoms with E-state index in [-0.39, 0.29) is 6.61 Å². The van der Waals surface area contributed by atoms with Crippen molar-refractivity contribution in [2.75, 3.05) is 6.61 Å². The van der Waals surface area contributed by atoms with Gasteiger partial charge in [-0.05, 0) is 43.2 Å². The average molecular weight is 302 g/mol. The molecule has 3 aromatic rings. The van der Waals surface area contributed by atoms with Gasteiger partial charge < -0.3 is 9.84 Å². The molecule has 2 aromatic heterocycles. The van der Waals surface area contributed by atoms with Crippen molar-refractivity contribution in [3.63, 3.8) is 0 Å². The monoisotopic (exact) mass is 302 g/mol. The zero-order valence-corrected chi connectivity index (χ0v) is 13.0. The van der Waals surface area contributed by atoms with E-state index in [1.54, 1.807) is 17.5 Å². The first kappa shape index (κ1) is 14.1. The van der Waals surface area contributed by atoms with E-state index in [1.165, 1.54) is 4.88 Å². The topological polar surface area (TPSA) is 46.8 Å². The molecule has 0 unspecified atom stereocenters. The van der Waals surface area contributed by atoms with Crippen molar-refractivity contribution in [1.29, 1.82) is 0 Å². The third kappa shape index (κ3) is 2.54. The van der Waals surface area contributed by atoms with Gasteiger partial charge in [0.15, 0.2) is 4.96 Å². The quantitative estimate of drug-likeness (QED) is 0.782. The van der Waals surface area contributed by atoms with Gasteiger partial charge in [-0.1, -0.05) is 6.92 Å². The Morgan fingerprint density at radius 1 is 1.29 bits per heavy atom. The van der Waals surface area contributed by atoms with E-state index < -0.39 is 0 Å². The predicted octanol–water partition coefficient (Wildman–Crippen LogP) is 3.65. The van der Waals surface area contributed by atoms with Crippen molar-refractivity contribution >= 4 is 16.3 Å². The maximum absolute atomic E-state index is 9.47. The van der Waals surface area contributed by atoms with Crippen LogP contribution in [0, 0.1) is 6.92 Å². The van der Waals surface area contributed by atoms with Crippen LogP contribution >= 0.6 is 11.3 Å². The Kier molecular flexibility index (Phi) is 3.94. The molecule has 0 atom stereocenters. The molecule has 0 aliphatic carbocycles. The van der Waals surface area contributed by atoms with E-state index in [4.69, 9.17) is 4.74 Å². The van der Waals surface area contributed by atoms with Gasteiger partial charge in [0.05, 0.1) is 30.8 Å². The van der Waals surface area contributed by atoms with E-state index in [9.17, 15) is 5.11 Å². The lowest BCUT2D eigenvalue weighted by Gasteiger charge is -2.07. The Hall–Kier alpha value is -1.85. The van der Waals surface area contributed by atoms with Crippen molar-refractivity contribution in [3.05, 3.63) is 41.0 Å². The Morgan fingerprint density at radius 3 is 2.71 bits per heavy atom. The molecule has 110 valence electrons. The average Bonchev–Trinajstić information content (AvgIpc) is 3.03. The molecule has 1 N–H and O–H groups in total. The molecule has 2 heterocycles. The third-order valence-electron chi connectivity index (χ3n) is 3.37. The highest BCUT2D eigenvalue weighted by molar-refractivity contribution is 7.17. The number of thiazole rings is 1. The van der Waals surface area contributed by atoms with Crippen LogP contribution in [0.4, 0.5) is 0 Å². The lowest BCUT2D eigenvalue weighted by molar-refractivity contribution is 0.276. The molecule has 21 heavy (non-hydrogen) atoms. The first-order valence-electron chi connectivity index (χ1n) is 7.04. The van der Waals surface area contributed by atoms with Crippen LogP contribution in [0.5, 0.6) is 5.75 Å². The van der Waals surface area contributed by atoms with E-state index in [0.717, 1.165) is 40.7 Å². The second kappa shape index (κ2) is 5.87. The third-order valence-corrected chi connectivity index (χ3v) is 4.34. The lowest BCUT2D eigenvalue weighted by atomic mass is 10.1. The number of rotatable bonds is 5. The molecule has 0 aliphatic rings. The summed E-state index contributed by atoms with van der Waals surface area (Å²) in [5.41, 5.74) is 3.02. The van der Waals surface area contributed by atoms with E-state index in [2.05, 4.69) is 31.0 Å². The number of aromatic nitrogens is 2. The highest BCUT2D eigenvalue weighted by Crippen LogP contribution is 2.33. The second-order valence-corrected chi connectivity index (χ2v) is 6.09. The molecule has 0 spiro atoms. The number of nitrogens with zero attached hydrogens (tertiary/aromatic N) is 2. The summed E-state index contributed by atoms with van der Waals surface area (Å²) in [5, 5.41) is 9.47.